The Morgan fingerprint density at radius 2 is 1.87 bits per heavy atom. The lowest BCUT2D eigenvalue weighted by molar-refractivity contribution is 0.0725. The highest BCUT2D eigenvalue weighted by Gasteiger charge is 2.35. The summed E-state index contributed by atoms with van der Waals surface area (Å²) in [4.78, 5) is 26.6. The van der Waals surface area contributed by atoms with Gasteiger partial charge in [0.1, 0.15) is 22.2 Å². The van der Waals surface area contributed by atoms with Gasteiger partial charge in [0.25, 0.3) is 11.8 Å². The van der Waals surface area contributed by atoms with Crippen molar-refractivity contribution in [3.63, 3.8) is 0 Å². The van der Waals surface area contributed by atoms with Gasteiger partial charge in [-0.25, -0.2) is 8.78 Å². The van der Waals surface area contributed by atoms with Crippen LogP contribution >= 0.6 is 22.9 Å². The molecule has 1 atom stereocenters. The third-order valence-electron chi connectivity index (χ3n) is 4.69. The first-order valence-corrected chi connectivity index (χ1v) is 10.3. The molecule has 0 bridgehead atoms. The number of nitrogens with zero attached hydrogens (tertiary/aromatic N) is 3. The summed E-state index contributed by atoms with van der Waals surface area (Å²) in [5.41, 5.74) is -0.0789. The van der Waals surface area contributed by atoms with Gasteiger partial charge >= 0.3 is 0 Å². The number of anilines is 1. The van der Waals surface area contributed by atoms with Gasteiger partial charge in [0.05, 0.1) is 6.04 Å². The minimum Gasteiger partial charge on any atom is -0.329 e. The molecule has 1 N–H and O–H groups in total. The molecule has 0 aliphatic carbocycles. The van der Waals surface area contributed by atoms with Crippen LogP contribution < -0.4 is 5.32 Å². The van der Waals surface area contributed by atoms with E-state index in [-0.39, 0.29) is 5.01 Å². The molecule has 6 nitrogen and oxygen atoms in total. The molecule has 1 aliphatic rings. The van der Waals surface area contributed by atoms with E-state index in [0.29, 0.717) is 35.1 Å². The van der Waals surface area contributed by atoms with Crippen LogP contribution in [-0.2, 0) is 0 Å². The third-order valence-corrected chi connectivity index (χ3v) is 5.95. The van der Waals surface area contributed by atoms with Gasteiger partial charge in [-0.2, -0.15) is 0 Å². The van der Waals surface area contributed by atoms with Crippen LogP contribution in [0.25, 0.3) is 0 Å². The minimum absolute atomic E-state index is 0.112. The zero-order valence-corrected chi connectivity index (χ0v) is 17.0. The number of benzene rings is 2. The average molecular weight is 449 g/mol. The molecule has 0 radical (unpaired) electrons. The zero-order chi connectivity index (χ0) is 21.3. The van der Waals surface area contributed by atoms with Crippen LogP contribution in [0, 0.1) is 11.6 Å². The number of rotatable bonds is 4. The van der Waals surface area contributed by atoms with Crippen molar-refractivity contribution in [2.45, 2.75) is 18.9 Å². The summed E-state index contributed by atoms with van der Waals surface area (Å²) in [5.74, 6) is -3.03. The van der Waals surface area contributed by atoms with Crippen LogP contribution in [0.1, 0.15) is 44.1 Å². The number of carbonyl (C=O) groups is 2. The monoisotopic (exact) mass is 448 g/mol. The SMILES string of the molecule is O=C(Nc1cccc(Cl)c1)c1nnc([C@@H]2CCCN2C(=O)c2c(F)cccc2F)s1. The Kier molecular flexibility index (Phi) is 5.74. The van der Waals surface area contributed by atoms with Gasteiger partial charge in [-0.15, -0.1) is 10.2 Å². The predicted molar refractivity (Wildman–Crippen MR) is 109 cm³/mol. The molecule has 2 heterocycles. The summed E-state index contributed by atoms with van der Waals surface area (Å²) >= 11 is 6.95. The molecule has 0 saturated carbocycles. The van der Waals surface area contributed by atoms with Gasteiger partial charge in [0.15, 0.2) is 0 Å². The van der Waals surface area contributed by atoms with Gasteiger partial charge in [0, 0.05) is 17.3 Å². The molecular weight excluding hydrogens is 434 g/mol. The molecule has 1 aromatic heterocycles. The van der Waals surface area contributed by atoms with E-state index in [2.05, 4.69) is 15.5 Å². The normalized spacial score (nSPS) is 16.0. The van der Waals surface area contributed by atoms with E-state index in [0.717, 1.165) is 23.5 Å². The summed E-state index contributed by atoms with van der Waals surface area (Å²) in [6, 6.07) is 9.47. The summed E-state index contributed by atoms with van der Waals surface area (Å²) in [6.07, 6.45) is 1.21. The number of hydrogen-bond acceptors (Lipinski definition) is 5. The number of carbonyl (C=O) groups excluding carboxylic acids is 2. The van der Waals surface area contributed by atoms with Gasteiger partial charge in [0.2, 0.25) is 5.01 Å². The lowest BCUT2D eigenvalue weighted by Crippen LogP contribution is -2.32. The minimum atomic E-state index is -0.912. The lowest BCUT2D eigenvalue weighted by atomic mass is 10.1. The second-order valence-corrected chi connectivity index (χ2v) is 8.11. The molecule has 30 heavy (non-hydrogen) atoms. The molecule has 2 aromatic carbocycles. The van der Waals surface area contributed by atoms with Crippen LogP contribution in [0.15, 0.2) is 42.5 Å². The fraction of sp³-hybridized carbons (Fsp3) is 0.200. The number of nitrogens with one attached hydrogen (secondary N) is 1. The maximum Gasteiger partial charge on any atom is 0.286 e. The summed E-state index contributed by atoms with van der Waals surface area (Å²) in [7, 11) is 0. The first-order chi connectivity index (χ1) is 14.4. The summed E-state index contributed by atoms with van der Waals surface area (Å²) in [6.45, 7) is 0.334. The van der Waals surface area contributed by atoms with E-state index in [1.54, 1.807) is 24.3 Å². The number of likely N-dealkylation sites (tertiary alicyclic amines) is 1. The van der Waals surface area contributed by atoms with Gasteiger partial charge in [-0.3, -0.25) is 9.59 Å². The van der Waals surface area contributed by atoms with Crippen molar-refractivity contribution < 1.29 is 18.4 Å². The van der Waals surface area contributed by atoms with Crippen LogP contribution in [-0.4, -0.2) is 33.5 Å². The first kappa shape index (κ1) is 20.4. The van der Waals surface area contributed by atoms with E-state index in [9.17, 15) is 18.4 Å². The average Bonchev–Trinajstić information content (AvgIpc) is 3.37. The van der Waals surface area contributed by atoms with Crippen molar-refractivity contribution >= 4 is 40.4 Å². The van der Waals surface area contributed by atoms with E-state index in [4.69, 9.17) is 11.6 Å². The molecule has 0 spiro atoms. The third kappa shape index (κ3) is 4.03. The van der Waals surface area contributed by atoms with Crippen molar-refractivity contribution in [2.24, 2.45) is 0 Å². The van der Waals surface area contributed by atoms with Crippen LogP contribution in [0.3, 0.4) is 0 Å². The molecular formula is C20H15ClF2N4O2S. The highest BCUT2D eigenvalue weighted by Crippen LogP contribution is 2.35. The largest absolute Gasteiger partial charge is 0.329 e. The maximum absolute atomic E-state index is 14.1. The number of amides is 2. The molecule has 10 heteroatoms. The maximum atomic E-state index is 14.1. The van der Waals surface area contributed by atoms with Crippen molar-refractivity contribution in [1.29, 1.82) is 0 Å². The quantitative estimate of drug-likeness (QED) is 0.627. The fourth-order valence-electron chi connectivity index (χ4n) is 3.32. The lowest BCUT2D eigenvalue weighted by Gasteiger charge is -2.23. The number of aromatic nitrogens is 2. The summed E-state index contributed by atoms with van der Waals surface area (Å²) in [5, 5.41) is 11.7. The smallest absolute Gasteiger partial charge is 0.286 e. The molecule has 2 amide bonds. The molecule has 1 fully saturated rings. The molecule has 154 valence electrons. The second kappa shape index (κ2) is 8.45. The van der Waals surface area contributed by atoms with E-state index in [1.807, 2.05) is 0 Å². The van der Waals surface area contributed by atoms with Crippen molar-refractivity contribution in [2.75, 3.05) is 11.9 Å². The van der Waals surface area contributed by atoms with Crippen molar-refractivity contribution in [1.82, 2.24) is 15.1 Å². The summed E-state index contributed by atoms with van der Waals surface area (Å²) < 4.78 is 28.1. The Balaban J connectivity index is 1.53. The van der Waals surface area contributed by atoms with Crippen molar-refractivity contribution in [3.05, 3.63) is 74.7 Å². The molecule has 0 unspecified atom stereocenters. The fourth-order valence-corrected chi connectivity index (χ4v) is 4.40. The molecule has 3 aromatic rings. The standard InChI is InChI=1S/C20H15ClF2N4O2S/c21-11-4-1-5-12(10-11)24-17(28)19-26-25-18(30-19)15-8-3-9-27(15)20(29)16-13(22)6-2-7-14(16)23/h1-2,4-7,10,15H,3,8-9H2,(H,24,28)/t15-/m0/s1. The first-order valence-electron chi connectivity index (χ1n) is 9.09. The Morgan fingerprint density at radius 3 is 2.60 bits per heavy atom. The van der Waals surface area contributed by atoms with Crippen LogP contribution in [0.2, 0.25) is 5.02 Å². The molecule has 4 rings (SSSR count). The van der Waals surface area contributed by atoms with E-state index in [1.165, 1.54) is 11.0 Å². The Bertz CT molecular complexity index is 1100. The van der Waals surface area contributed by atoms with Gasteiger partial charge < -0.3 is 10.2 Å². The number of hydrogen-bond donors (Lipinski definition) is 1. The van der Waals surface area contributed by atoms with Gasteiger partial charge in [-0.05, 0) is 43.2 Å². The molecule has 1 saturated heterocycles. The van der Waals surface area contributed by atoms with Crippen LogP contribution in [0.5, 0.6) is 0 Å². The highest BCUT2D eigenvalue weighted by molar-refractivity contribution is 7.13. The van der Waals surface area contributed by atoms with E-state index < -0.39 is 35.1 Å². The zero-order valence-electron chi connectivity index (χ0n) is 15.4. The van der Waals surface area contributed by atoms with E-state index >= 15 is 0 Å². The Hall–Kier alpha value is -2.91. The Labute approximate surface area is 179 Å². The second-order valence-electron chi connectivity index (χ2n) is 6.66. The predicted octanol–water partition coefficient (Wildman–Crippen LogP) is 4.70. The number of halogens is 3. The van der Waals surface area contributed by atoms with Crippen molar-refractivity contribution in [3.8, 4) is 0 Å². The highest BCUT2D eigenvalue weighted by atomic mass is 35.5. The van der Waals surface area contributed by atoms with Crippen LogP contribution in [0.4, 0.5) is 14.5 Å². The topological polar surface area (TPSA) is 75.2 Å². The molecule has 1 aliphatic heterocycles. The Morgan fingerprint density at radius 1 is 1.13 bits per heavy atom. The van der Waals surface area contributed by atoms with Gasteiger partial charge in [-0.1, -0.05) is 35.1 Å².